The first-order valence-electron chi connectivity index (χ1n) is 3.82. The molecule has 0 heterocycles. The van der Waals surface area contributed by atoms with Crippen LogP contribution in [0, 0.1) is 5.92 Å². The van der Waals surface area contributed by atoms with E-state index in [0.29, 0.717) is 12.8 Å². The zero-order valence-electron chi connectivity index (χ0n) is 6.22. The highest BCUT2D eigenvalue weighted by atomic mass is 16.4. The maximum Gasteiger partial charge on any atom is 0.106 e. The first kappa shape index (κ1) is 8.93. The molecule has 0 saturated heterocycles. The summed E-state index contributed by atoms with van der Waals surface area (Å²) in [5.41, 5.74) is 0. The van der Waals surface area contributed by atoms with Gasteiger partial charge in [-0.2, -0.15) is 0 Å². The van der Waals surface area contributed by atoms with Crippen molar-refractivity contribution in [3.8, 4) is 0 Å². The Morgan fingerprint density at radius 2 is 1.64 bits per heavy atom. The zero-order valence-corrected chi connectivity index (χ0v) is 6.22. The second-order valence-corrected chi connectivity index (χ2v) is 3.07. The van der Waals surface area contributed by atoms with E-state index in [1.807, 2.05) is 0 Å². The van der Waals surface area contributed by atoms with Crippen molar-refractivity contribution >= 4 is 0 Å². The minimum absolute atomic E-state index is 0.134. The Morgan fingerprint density at radius 1 is 1.00 bits per heavy atom. The van der Waals surface area contributed by atoms with E-state index >= 15 is 0 Å². The topological polar surface area (TPSA) is 80.9 Å². The zero-order chi connectivity index (χ0) is 8.43. The summed E-state index contributed by atoms with van der Waals surface area (Å²) in [6.07, 6.45) is -1.91. The quantitative estimate of drug-likeness (QED) is 0.377. The fourth-order valence-corrected chi connectivity index (χ4v) is 1.43. The Bertz CT molecular complexity index is 126. The summed E-state index contributed by atoms with van der Waals surface area (Å²) in [7, 11) is 0. The van der Waals surface area contributed by atoms with E-state index < -0.39 is 18.3 Å². The molecule has 66 valence electrons. The van der Waals surface area contributed by atoms with Crippen molar-refractivity contribution < 1.29 is 20.4 Å². The molecule has 0 radical (unpaired) electrons. The van der Waals surface area contributed by atoms with Crippen LogP contribution in [0.15, 0.2) is 0 Å². The van der Waals surface area contributed by atoms with Crippen LogP contribution in [0.5, 0.6) is 0 Å². The van der Waals surface area contributed by atoms with Crippen molar-refractivity contribution in [1.82, 2.24) is 0 Å². The molecule has 1 aliphatic carbocycles. The molecular formula is C7H14O4. The van der Waals surface area contributed by atoms with Crippen LogP contribution in [-0.4, -0.2) is 45.3 Å². The van der Waals surface area contributed by atoms with Gasteiger partial charge in [-0.15, -0.1) is 0 Å². The van der Waals surface area contributed by atoms with Gasteiger partial charge in [-0.05, 0) is 12.8 Å². The fourth-order valence-electron chi connectivity index (χ4n) is 1.43. The fraction of sp³-hybridized carbons (Fsp3) is 1.00. The average molecular weight is 162 g/mol. The third-order valence-electron chi connectivity index (χ3n) is 2.29. The number of hydrogen-bond donors (Lipinski definition) is 4. The Hall–Kier alpha value is -0.160. The summed E-state index contributed by atoms with van der Waals surface area (Å²) >= 11 is 0. The van der Waals surface area contributed by atoms with Gasteiger partial charge >= 0.3 is 0 Å². The Morgan fingerprint density at radius 3 is 2.18 bits per heavy atom. The summed E-state index contributed by atoms with van der Waals surface area (Å²) in [5.74, 6) is -0.284. The normalized spacial score (nSPS) is 45.8. The summed E-state index contributed by atoms with van der Waals surface area (Å²) in [4.78, 5) is 0. The number of aliphatic hydroxyl groups excluding tert-OH is 4. The number of hydrogen-bond acceptors (Lipinski definition) is 4. The van der Waals surface area contributed by atoms with Crippen LogP contribution < -0.4 is 0 Å². The smallest absolute Gasteiger partial charge is 0.106 e. The van der Waals surface area contributed by atoms with Crippen molar-refractivity contribution in [3.05, 3.63) is 0 Å². The van der Waals surface area contributed by atoms with Crippen molar-refractivity contribution in [2.45, 2.75) is 31.2 Å². The largest absolute Gasteiger partial charge is 0.396 e. The van der Waals surface area contributed by atoms with Crippen LogP contribution >= 0.6 is 0 Å². The van der Waals surface area contributed by atoms with Gasteiger partial charge in [-0.3, -0.25) is 0 Å². The van der Waals surface area contributed by atoms with Gasteiger partial charge in [0.15, 0.2) is 0 Å². The summed E-state index contributed by atoms with van der Waals surface area (Å²) in [6.45, 7) is -0.134. The molecule has 0 amide bonds. The molecule has 4 atom stereocenters. The highest BCUT2D eigenvalue weighted by Crippen LogP contribution is 2.24. The van der Waals surface area contributed by atoms with Crippen LogP contribution in [-0.2, 0) is 0 Å². The second-order valence-electron chi connectivity index (χ2n) is 3.07. The highest BCUT2D eigenvalue weighted by Gasteiger charge is 2.35. The van der Waals surface area contributed by atoms with Gasteiger partial charge in [-0.1, -0.05) is 0 Å². The Balaban J connectivity index is 2.52. The molecule has 4 nitrogen and oxygen atoms in total. The van der Waals surface area contributed by atoms with Gasteiger partial charge in [-0.25, -0.2) is 0 Å². The van der Waals surface area contributed by atoms with Crippen LogP contribution in [0.25, 0.3) is 0 Å². The van der Waals surface area contributed by atoms with Gasteiger partial charge in [0.25, 0.3) is 0 Å². The van der Waals surface area contributed by atoms with Crippen LogP contribution in [0.4, 0.5) is 0 Å². The monoisotopic (exact) mass is 162 g/mol. The molecule has 0 aromatic rings. The van der Waals surface area contributed by atoms with E-state index in [1.165, 1.54) is 0 Å². The van der Waals surface area contributed by atoms with Crippen molar-refractivity contribution in [2.24, 2.45) is 5.92 Å². The molecule has 0 bridgehead atoms. The van der Waals surface area contributed by atoms with E-state index in [0.717, 1.165) is 0 Å². The van der Waals surface area contributed by atoms with Crippen molar-refractivity contribution in [3.63, 3.8) is 0 Å². The van der Waals surface area contributed by atoms with Gasteiger partial charge in [0.1, 0.15) is 6.10 Å². The minimum Gasteiger partial charge on any atom is -0.396 e. The predicted octanol–water partition coefficient (Wildman–Crippen LogP) is -1.53. The van der Waals surface area contributed by atoms with E-state index in [4.69, 9.17) is 15.3 Å². The molecule has 1 aliphatic rings. The van der Waals surface area contributed by atoms with E-state index in [-0.39, 0.29) is 12.5 Å². The van der Waals surface area contributed by atoms with Gasteiger partial charge in [0.05, 0.1) is 12.2 Å². The summed E-state index contributed by atoms with van der Waals surface area (Å²) in [5, 5.41) is 36.2. The van der Waals surface area contributed by atoms with Gasteiger partial charge in [0, 0.05) is 12.5 Å². The average Bonchev–Trinajstić information content (AvgIpc) is 2.01. The standard InChI is InChI=1S/C7H14O4/c8-3-4-1-2-5(9)7(11)6(4)10/h4-11H,1-3H2/t4-,5-,6-,7-/m1/s1. The maximum atomic E-state index is 9.24. The lowest BCUT2D eigenvalue weighted by Crippen LogP contribution is -2.47. The lowest BCUT2D eigenvalue weighted by Gasteiger charge is -2.33. The number of aliphatic hydroxyl groups is 4. The van der Waals surface area contributed by atoms with E-state index in [1.54, 1.807) is 0 Å². The van der Waals surface area contributed by atoms with Crippen LogP contribution in [0.1, 0.15) is 12.8 Å². The summed E-state index contributed by atoms with van der Waals surface area (Å²) < 4.78 is 0. The molecule has 0 aliphatic heterocycles. The first-order chi connectivity index (χ1) is 5.16. The number of rotatable bonds is 1. The molecule has 1 saturated carbocycles. The second kappa shape index (κ2) is 3.49. The van der Waals surface area contributed by atoms with Gasteiger partial charge in [0.2, 0.25) is 0 Å². The molecule has 0 spiro atoms. The molecule has 4 N–H and O–H groups in total. The predicted molar refractivity (Wildman–Crippen MR) is 37.8 cm³/mol. The van der Waals surface area contributed by atoms with Crippen molar-refractivity contribution in [2.75, 3.05) is 6.61 Å². The molecule has 4 heteroatoms. The molecule has 0 aromatic carbocycles. The van der Waals surface area contributed by atoms with E-state index in [9.17, 15) is 5.11 Å². The van der Waals surface area contributed by atoms with Crippen LogP contribution in [0.2, 0.25) is 0 Å². The SMILES string of the molecule is OC[C@H]1CC[C@@H](O)[C@@H](O)[C@@H]1O. The Kier molecular flexibility index (Phi) is 2.84. The minimum atomic E-state index is -1.10. The molecule has 1 fully saturated rings. The van der Waals surface area contributed by atoms with E-state index in [2.05, 4.69) is 0 Å². The third-order valence-corrected chi connectivity index (χ3v) is 2.29. The van der Waals surface area contributed by atoms with Crippen LogP contribution in [0.3, 0.4) is 0 Å². The van der Waals surface area contributed by atoms with Crippen molar-refractivity contribution in [1.29, 1.82) is 0 Å². The summed E-state index contributed by atoms with van der Waals surface area (Å²) in [6, 6.07) is 0. The molecule has 1 rings (SSSR count). The maximum absolute atomic E-state index is 9.24. The lowest BCUT2D eigenvalue weighted by molar-refractivity contribution is -0.118. The molecule has 0 aromatic heterocycles. The highest BCUT2D eigenvalue weighted by molar-refractivity contribution is 4.86. The molecule has 0 unspecified atom stereocenters. The Labute approximate surface area is 65.1 Å². The molecular weight excluding hydrogens is 148 g/mol. The lowest BCUT2D eigenvalue weighted by atomic mass is 9.83. The third kappa shape index (κ3) is 1.70. The first-order valence-corrected chi connectivity index (χ1v) is 3.82. The van der Waals surface area contributed by atoms with Gasteiger partial charge < -0.3 is 20.4 Å². The molecule has 11 heavy (non-hydrogen) atoms.